The Morgan fingerprint density at radius 2 is 1.82 bits per heavy atom. The molecular weight excluding hydrogens is 368 g/mol. The molecule has 2 N–H and O–H groups in total. The largest absolute Gasteiger partial charge is 0.435 e. The summed E-state index contributed by atoms with van der Waals surface area (Å²) in [5.74, 6) is -0.481. The van der Waals surface area contributed by atoms with Gasteiger partial charge in [0.25, 0.3) is 5.91 Å². The van der Waals surface area contributed by atoms with Gasteiger partial charge in [0.2, 0.25) is 5.91 Å². The highest BCUT2D eigenvalue weighted by molar-refractivity contribution is 5.97. The summed E-state index contributed by atoms with van der Waals surface area (Å²) < 4.78 is 29.1. The Morgan fingerprint density at radius 3 is 2.46 bits per heavy atom. The molecule has 1 unspecified atom stereocenters. The van der Waals surface area contributed by atoms with Crippen LogP contribution in [0.2, 0.25) is 0 Å². The predicted octanol–water partition coefficient (Wildman–Crippen LogP) is 4.08. The molecule has 8 heteroatoms. The van der Waals surface area contributed by atoms with Crippen LogP contribution in [0.5, 0.6) is 5.75 Å². The first-order chi connectivity index (χ1) is 13.2. The van der Waals surface area contributed by atoms with E-state index in [9.17, 15) is 18.4 Å². The van der Waals surface area contributed by atoms with Gasteiger partial charge >= 0.3 is 6.61 Å². The van der Waals surface area contributed by atoms with Crippen molar-refractivity contribution in [1.82, 2.24) is 10.3 Å². The molecule has 150 valence electrons. The zero-order valence-corrected chi connectivity index (χ0v) is 16.1. The van der Waals surface area contributed by atoms with E-state index < -0.39 is 12.7 Å². The fraction of sp³-hybridized carbons (Fsp3) is 0.350. The van der Waals surface area contributed by atoms with Crippen LogP contribution in [-0.4, -0.2) is 23.4 Å². The minimum Gasteiger partial charge on any atom is -0.435 e. The second kappa shape index (κ2) is 9.25. The molecule has 0 fully saturated rings. The predicted molar refractivity (Wildman–Crippen MR) is 101 cm³/mol. The number of benzene rings is 1. The molecule has 1 aromatic carbocycles. The summed E-state index contributed by atoms with van der Waals surface area (Å²) in [6.07, 6.45) is 0. The van der Waals surface area contributed by atoms with Crippen LogP contribution < -0.4 is 15.4 Å². The van der Waals surface area contributed by atoms with Gasteiger partial charge in [-0.2, -0.15) is 8.78 Å². The molecular formula is C20H23F2N3O3. The Balaban J connectivity index is 2.14. The number of carbonyl (C=O) groups is 2. The average Bonchev–Trinajstić information content (AvgIpc) is 2.60. The van der Waals surface area contributed by atoms with Crippen molar-refractivity contribution in [3.8, 4) is 5.75 Å². The highest BCUT2D eigenvalue weighted by Crippen LogP contribution is 2.21. The first-order valence-electron chi connectivity index (χ1n) is 8.81. The molecule has 0 aliphatic rings. The molecule has 1 atom stereocenters. The Bertz CT molecular complexity index is 856. The molecule has 2 amide bonds. The highest BCUT2D eigenvalue weighted by Gasteiger charge is 2.16. The van der Waals surface area contributed by atoms with Crippen LogP contribution in [-0.2, 0) is 4.79 Å². The second-order valence-electron chi connectivity index (χ2n) is 6.67. The van der Waals surface area contributed by atoms with Gasteiger partial charge in [-0.25, -0.2) is 4.98 Å². The van der Waals surface area contributed by atoms with Crippen LogP contribution in [0, 0.1) is 12.8 Å². The third kappa shape index (κ3) is 6.00. The number of amides is 2. The molecule has 0 saturated carbocycles. The van der Waals surface area contributed by atoms with E-state index in [1.54, 1.807) is 45.9 Å². The number of rotatable bonds is 7. The first kappa shape index (κ1) is 21.3. The van der Waals surface area contributed by atoms with E-state index in [4.69, 9.17) is 0 Å². The number of alkyl halides is 2. The minimum atomic E-state index is -2.92. The van der Waals surface area contributed by atoms with Crippen LogP contribution >= 0.6 is 0 Å². The van der Waals surface area contributed by atoms with Gasteiger partial charge in [0, 0.05) is 17.2 Å². The molecule has 0 aliphatic carbocycles. The number of nitrogens with one attached hydrogen (secondary N) is 2. The maximum absolute atomic E-state index is 12.6. The van der Waals surface area contributed by atoms with Crippen molar-refractivity contribution < 1.29 is 23.1 Å². The number of aromatic nitrogens is 1. The molecule has 1 aromatic heterocycles. The molecule has 0 saturated heterocycles. The first-order valence-corrected chi connectivity index (χ1v) is 8.81. The van der Waals surface area contributed by atoms with Crippen molar-refractivity contribution in [1.29, 1.82) is 0 Å². The van der Waals surface area contributed by atoms with Crippen molar-refractivity contribution in [3.05, 3.63) is 53.2 Å². The number of nitrogens with zero attached hydrogens (tertiary/aromatic N) is 1. The lowest BCUT2D eigenvalue weighted by atomic mass is 10.1. The third-order valence-corrected chi connectivity index (χ3v) is 3.92. The lowest BCUT2D eigenvalue weighted by Gasteiger charge is -2.16. The Labute approximate surface area is 162 Å². The Morgan fingerprint density at radius 1 is 1.11 bits per heavy atom. The molecule has 0 aliphatic heterocycles. The lowest BCUT2D eigenvalue weighted by molar-refractivity contribution is -0.118. The van der Waals surface area contributed by atoms with Gasteiger partial charge in [-0.05, 0) is 43.7 Å². The number of hydrogen-bond acceptors (Lipinski definition) is 4. The van der Waals surface area contributed by atoms with E-state index in [-0.39, 0.29) is 23.5 Å². The van der Waals surface area contributed by atoms with Crippen LogP contribution in [0.25, 0.3) is 0 Å². The summed E-state index contributed by atoms with van der Waals surface area (Å²) in [5, 5.41) is 5.47. The van der Waals surface area contributed by atoms with Crippen LogP contribution in [0.15, 0.2) is 36.4 Å². The van der Waals surface area contributed by atoms with Gasteiger partial charge in [-0.15, -0.1) is 0 Å². The summed E-state index contributed by atoms with van der Waals surface area (Å²) in [4.78, 5) is 28.7. The summed E-state index contributed by atoms with van der Waals surface area (Å²) in [6, 6.07) is 8.79. The molecule has 1 heterocycles. The molecule has 2 rings (SSSR count). The van der Waals surface area contributed by atoms with Gasteiger partial charge in [0.1, 0.15) is 11.6 Å². The topological polar surface area (TPSA) is 80.3 Å². The highest BCUT2D eigenvalue weighted by atomic mass is 19.3. The zero-order chi connectivity index (χ0) is 20.8. The van der Waals surface area contributed by atoms with Crippen molar-refractivity contribution in [2.24, 2.45) is 5.92 Å². The number of anilines is 1. The maximum atomic E-state index is 12.6. The fourth-order valence-electron chi connectivity index (χ4n) is 2.46. The minimum absolute atomic E-state index is 0.0204. The zero-order valence-electron chi connectivity index (χ0n) is 16.1. The monoisotopic (exact) mass is 391 g/mol. The number of ether oxygens (including phenoxy) is 1. The SMILES string of the molecule is Cc1cc(C(=O)NC(C)c2cccc(OC(F)F)c2)cc(NC(=O)C(C)C)n1. The summed E-state index contributed by atoms with van der Waals surface area (Å²) in [7, 11) is 0. The number of carbonyl (C=O) groups excluding carboxylic acids is 2. The summed E-state index contributed by atoms with van der Waals surface area (Å²) >= 11 is 0. The number of hydrogen-bond donors (Lipinski definition) is 2. The van der Waals surface area contributed by atoms with Gasteiger partial charge in [0.15, 0.2) is 0 Å². The van der Waals surface area contributed by atoms with E-state index >= 15 is 0 Å². The normalized spacial score (nSPS) is 12.0. The van der Waals surface area contributed by atoms with Crippen molar-refractivity contribution in [2.45, 2.75) is 40.3 Å². The Kier molecular flexibility index (Phi) is 7.03. The number of aryl methyl sites for hydroxylation is 1. The molecule has 2 aromatic rings. The van der Waals surface area contributed by atoms with Crippen molar-refractivity contribution in [2.75, 3.05) is 5.32 Å². The van der Waals surface area contributed by atoms with E-state index in [2.05, 4.69) is 20.4 Å². The smallest absolute Gasteiger partial charge is 0.387 e. The van der Waals surface area contributed by atoms with E-state index in [0.717, 1.165) is 0 Å². The fourth-order valence-corrected chi connectivity index (χ4v) is 2.46. The quantitative estimate of drug-likeness (QED) is 0.745. The standard InChI is InChI=1S/C20H23F2N3O3/c1-11(2)18(26)25-17-10-15(8-12(3)23-17)19(27)24-13(4)14-6-5-7-16(9-14)28-20(21)22/h5-11,13,20H,1-4H3,(H,24,27)(H,23,25,26). The van der Waals surface area contributed by atoms with Crippen LogP contribution in [0.1, 0.15) is 48.4 Å². The van der Waals surface area contributed by atoms with E-state index in [0.29, 0.717) is 22.6 Å². The van der Waals surface area contributed by atoms with E-state index in [1.807, 2.05) is 0 Å². The van der Waals surface area contributed by atoms with E-state index in [1.165, 1.54) is 18.2 Å². The maximum Gasteiger partial charge on any atom is 0.387 e. The third-order valence-electron chi connectivity index (χ3n) is 3.92. The Hall–Kier alpha value is -3.03. The molecule has 0 spiro atoms. The summed E-state index contributed by atoms with van der Waals surface area (Å²) in [6.45, 7) is 4.04. The van der Waals surface area contributed by atoms with Crippen LogP contribution in [0.4, 0.5) is 14.6 Å². The second-order valence-corrected chi connectivity index (χ2v) is 6.67. The molecule has 0 radical (unpaired) electrons. The molecule has 28 heavy (non-hydrogen) atoms. The van der Waals surface area contributed by atoms with Gasteiger partial charge in [-0.1, -0.05) is 26.0 Å². The van der Waals surface area contributed by atoms with Crippen LogP contribution in [0.3, 0.4) is 0 Å². The van der Waals surface area contributed by atoms with Gasteiger partial charge in [0.05, 0.1) is 6.04 Å². The van der Waals surface area contributed by atoms with Crippen molar-refractivity contribution in [3.63, 3.8) is 0 Å². The average molecular weight is 391 g/mol. The summed E-state index contributed by atoms with van der Waals surface area (Å²) in [5.41, 5.74) is 1.52. The number of pyridine rings is 1. The molecule has 6 nitrogen and oxygen atoms in total. The van der Waals surface area contributed by atoms with Crippen molar-refractivity contribution >= 4 is 17.6 Å². The lowest BCUT2D eigenvalue weighted by Crippen LogP contribution is -2.27. The molecule has 0 bridgehead atoms. The van der Waals surface area contributed by atoms with Gasteiger partial charge in [-0.3, -0.25) is 9.59 Å². The number of halogens is 2. The van der Waals surface area contributed by atoms with Gasteiger partial charge < -0.3 is 15.4 Å².